The van der Waals surface area contributed by atoms with Gasteiger partial charge in [0.2, 0.25) is 16.9 Å². The zero-order chi connectivity index (χ0) is 17.1. The highest BCUT2D eigenvalue weighted by Crippen LogP contribution is 2.27. The van der Waals surface area contributed by atoms with Crippen molar-refractivity contribution in [2.45, 2.75) is 25.5 Å². The molecule has 3 aromatic heterocycles. The number of aryl methyl sites for hydroxylation is 1. The zero-order valence-electron chi connectivity index (χ0n) is 12.8. The molecule has 0 fully saturated rings. The number of amides is 1. The average molecular weight is 429 g/mol. The molecule has 0 spiro atoms. The van der Waals surface area contributed by atoms with Gasteiger partial charge in [0, 0.05) is 6.54 Å². The Morgan fingerprint density at radius 3 is 2.83 bits per heavy atom. The Hall–Kier alpha value is -1.72. The fourth-order valence-corrected chi connectivity index (χ4v) is 3.65. The molecular formula is C13H13BrN6O2S2. The third-order valence-corrected chi connectivity index (χ3v) is 5.08. The summed E-state index contributed by atoms with van der Waals surface area (Å²) < 4.78 is 8.05. The smallest absolute Gasteiger partial charge is 0.236 e. The summed E-state index contributed by atoms with van der Waals surface area (Å²) in [5.74, 6) is 1.30. The molecule has 0 unspecified atom stereocenters. The summed E-state index contributed by atoms with van der Waals surface area (Å²) in [5, 5.41) is 20.7. The predicted octanol–water partition coefficient (Wildman–Crippen LogP) is 3.21. The average Bonchev–Trinajstić information content (AvgIpc) is 3.25. The molecule has 1 N–H and O–H groups in total. The Morgan fingerprint density at radius 1 is 1.38 bits per heavy atom. The van der Waals surface area contributed by atoms with Crippen LogP contribution in [0.2, 0.25) is 0 Å². The van der Waals surface area contributed by atoms with Crippen LogP contribution in [0.25, 0.3) is 11.6 Å². The van der Waals surface area contributed by atoms with Crippen molar-refractivity contribution in [1.29, 1.82) is 0 Å². The highest BCUT2D eigenvalue weighted by molar-refractivity contribution is 9.10. The first-order valence-electron chi connectivity index (χ1n) is 6.98. The summed E-state index contributed by atoms with van der Waals surface area (Å²) in [6.45, 7) is 4.49. The summed E-state index contributed by atoms with van der Waals surface area (Å²) in [7, 11) is 0. The number of rotatable bonds is 6. The Morgan fingerprint density at radius 2 is 2.21 bits per heavy atom. The van der Waals surface area contributed by atoms with Crippen molar-refractivity contribution in [3.8, 4) is 11.6 Å². The largest absolute Gasteiger partial charge is 0.446 e. The van der Waals surface area contributed by atoms with E-state index in [0.717, 1.165) is 5.01 Å². The molecule has 24 heavy (non-hydrogen) atoms. The summed E-state index contributed by atoms with van der Waals surface area (Å²) in [6.07, 6.45) is 0. The van der Waals surface area contributed by atoms with Crippen molar-refractivity contribution >= 4 is 50.1 Å². The van der Waals surface area contributed by atoms with E-state index in [9.17, 15) is 4.79 Å². The van der Waals surface area contributed by atoms with Gasteiger partial charge in [-0.2, -0.15) is 0 Å². The number of hydrogen-bond acceptors (Lipinski definition) is 8. The second-order valence-electron chi connectivity index (χ2n) is 4.62. The molecule has 0 aliphatic heterocycles. The molecule has 0 aromatic carbocycles. The van der Waals surface area contributed by atoms with Gasteiger partial charge in [-0.1, -0.05) is 23.1 Å². The Bertz CT molecular complexity index is 858. The van der Waals surface area contributed by atoms with Gasteiger partial charge in [-0.15, -0.1) is 20.4 Å². The highest BCUT2D eigenvalue weighted by atomic mass is 79.9. The standard InChI is InChI=1S/C13H13BrN6O2S2/c1-3-20-11(8-4-5-9(14)22-8)17-19-13(20)23-6-10(21)15-12-18-16-7(2)24-12/h4-5H,3,6H2,1-2H3,(H,15,18,21). The van der Waals surface area contributed by atoms with E-state index in [2.05, 4.69) is 41.6 Å². The Kier molecular flexibility index (Phi) is 5.31. The maximum absolute atomic E-state index is 12.0. The number of anilines is 1. The fraction of sp³-hybridized carbons (Fsp3) is 0.308. The van der Waals surface area contributed by atoms with Crippen molar-refractivity contribution < 1.29 is 9.21 Å². The summed E-state index contributed by atoms with van der Waals surface area (Å²) >= 11 is 5.92. The highest BCUT2D eigenvalue weighted by Gasteiger charge is 2.17. The maximum Gasteiger partial charge on any atom is 0.236 e. The van der Waals surface area contributed by atoms with E-state index >= 15 is 0 Å². The molecule has 0 saturated carbocycles. The number of halogens is 1. The molecule has 0 aliphatic carbocycles. The van der Waals surface area contributed by atoms with Gasteiger partial charge in [0.1, 0.15) is 5.01 Å². The summed E-state index contributed by atoms with van der Waals surface area (Å²) in [6, 6.07) is 3.62. The van der Waals surface area contributed by atoms with Crippen LogP contribution in [-0.2, 0) is 11.3 Å². The minimum atomic E-state index is -0.163. The van der Waals surface area contributed by atoms with E-state index in [1.807, 2.05) is 24.5 Å². The van der Waals surface area contributed by atoms with E-state index in [-0.39, 0.29) is 11.7 Å². The lowest BCUT2D eigenvalue weighted by atomic mass is 10.4. The number of carbonyl (C=O) groups is 1. The molecule has 3 aromatic rings. The topological polar surface area (TPSA) is 98.7 Å². The quantitative estimate of drug-likeness (QED) is 0.601. The van der Waals surface area contributed by atoms with Crippen LogP contribution >= 0.6 is 39.0 Å². The molecule has 126 valence electrons. The van der Waals surface area contributed by atoms with Crippen LogP contribution < -0.4 is 5.32 Å². The third kappa shape index (κ3) is 3.84. The predicted molar refractivity (Wildman–Crippen MR) is 95.1 cm³/mol. The monoisotopic (exact) mass is 428 g/mol. The number of aromatic nitrogens is 5. The lowest BCUT2D eigenvalue weighted by molar-refractivity contribution is -0.113. The maximum atomic E-state index is 12.0. The molecule has 0 saturated heterocycles. The van der Waals surface area contributed by atoms with Crippen LogP contribution in [-0.4, -0.2) is 36.6 Å². The van der Waals surface area contributed by atoms with E-state index in [1.54, 1.807) is 6.07 Å². The third-order valence-electron chi connectivity index (χ3n) is 2.93. The van der Waals surface area contributed by atoms with E-state index in [4.69, 9.17) is 4.42 Å². The number of hydrogen-bond donors (Lipinski definition) is 1. The second kappa shape index (κ2) is 7.45. The van der Waals surface area contributed by atoms with Crippen LogP contribution in [0.5, 0.6) is 0 Å². The van der Waals surface area contributed by atoms with Crippen molar-refractivity contribution in [2.75, 3.05) is 11.1 Å². The number of thioether (sulfide) groups is 1. The normalized spacial score (nSPS) is 11.0. The van der Waals surface area contributed by atoms with Crippen LogP contribution in [0.4, 0.5) is 5.13 Å². The Balaban J connectivity index is 1.67. The molecular weight excluding hydrogens is 416 g/mol. The van der Waals surface area contributed by atoms with Crippen LogP contribution in [0.1, 0.15) is 11.9 Å². The van der Waals surface area contributed by atoms with Gasteiger partial charge in [-0.25, -0.2) is 0 Å². The molecule has 3 rings (SSSR count). The van der Waals surface area contributed by atoms with Crippen molar-refractivity contribution in [1.82, 2.24) is 25.0 Å². The lowest BCUT2D eigenvalue weighted by Gasteiger charge is -2.05. The Labute approximate surface area is 154 Å². The van der Waals surface area contributed by atoms with Gasteiger partial charge in [-0.3, -0.25) is 14.7 Å². The molecule has 3 heterocycles. The number of nitrogens with zero attached hydrogens (tertiary/aromatic N) is 5. The molecule has 0 atom stereocenters. The summed E-state index contributed by atoms with van der Waals surface area (Å²) in [5.41, 5.74) is 0. The lowest BCUT2D eigenvalue weighted by Crippen LogP contribution is -2.14. The number of carbonyl (C=O) groups excluding carboxylic acids is 1. The summed E-state index contributed by atoms with van der Waals surface area (Å²) in [4.78, 5) is 12.0. The first-order valence-corrected chi connectivity index (χ1v) is 9.58. The second-order valence-corrected chi connectivity index (χ2v) is 7.52. The van der Waals surface area contributed by atoms with Gasteiger partial charge in [0.05, 0.1) is 5.75 Å². The van der Waals surface area contributed by atoms with E-state index < -0.39 is 0 Å². The van der Waals surface area contributed by atoms with Gasteiger partial charge in [0.25, 0.3) is 0 Å². The van der Waals surface area contributed by atoms with Crippen LogP contribution in [0, 0.1) is 6.92 Å². The molecule has 0 radical (unpaired) electrons. The van der Waals surface area contributed by atoms with E-state index in [0.29, 0.717) is 33.1 Å². The first kappa shape index (κ1) is 17.1. The number of nitrogens with one attached hydrogen (secondary N) is 1. The van der Waals surface area contributed by atoms with Crippen LogP contribution in [0.3, 0.4) is 0 Å². The fourth-order valence-electron chi connectivity index (χ4n) is 1.93. The molecule has 8 nitrogen and oxygen atoms in total. The molecule has 11 heteroatoms. The van der Waals surface area contributed by atoms with Gasteiger partial charge < -0.3 is 4.42 Å². The molecule has 0 aliphatic rings. The van der Waals surface area contributed by atoms with Gasteiger partial charge >= 0.3 is 0 Å². The van der Waals surface area contributed by atoms with Gasteiger partial charge in [-0.05, 0) is 41.9 Å². The van der Waals surface area contributed by atoms with Crippen molar-refractivity contribution in [2.24, 2.45) is 0 Å². The minimum absolute atomic E-state index is 0.163. The van der Waals surface area contributed by atoms with Crippen molar-refractivity contribution in [3.05, 3.63) is 21.8 Å². The molecule has 1 amide bonds. The van der Waals surface area contributed by atoms with Crippen LogP contribution in [0.15, 0.2) is 26.4 Å². The SMILES string of the molecule is CCn1c(SCC(=O)Nc2nnc(C)s2)nnc1-c1ccc(Br)o1. The minimum Gasteiger partial charge on any atom is -0.446 e. The first-order chi connectivity index (χ1) is 11.6. The zero-order valence-corrected chi connectivity index (χ0v) is 16.0. The van der Waals surface area contributed by atoms with Crippen molar-refractivity contribution in [3.63, 3.8) is 0 Å². The van der Waals surface area contributed by atoms with Gasteiger partial charge in [0.15, 0.2) is 15.6 Å². The number of furan rings is 1. The van der Waals surface area contributed by atoms with E-state index in [1.165, 1.54) is 23.1 Å². The molecule has 0 bridgehead atoms.